The van der Waals surface area contributed by atoms with Gasteiger partial charge in [-0.3, -0.25) is 9.59 Å². The number of piperidine rings is 1. The number of hydrogen-bond donors (Lipinski definition) is 3. The monoisotopic (exact) mass is 436 g/mol. The Bertz CT molecular complexity index is 894. The second kappa shape index (κ2) is 11.3. The van der Waals surface area contributed by atoms with Crippen molar-refractivity contribution >= 4 is 17.8 Å². The quantitative estimate of drug-likeness (QED) is 0.623. The average molecular weight is 437 g/mol. The molecule has 0 saturated carbocycles. The summed E-state index contributed by atoms with van der Waals surface area (Å²) in [6, 6.07) is 17.9. The van der Waals surface area contributed by atoms with Crippen LogP contribution in [0.15, 0.2) is 60.7 Å². The molecule has 7 heteroatoms. The summed E-state index contributed by atoms with van der Waals surface area (Å²) >= 11 is 0. The van der Waals surface area contributed by atoms with Crippen molar-refractivity contribution < 1.29 is 14.4 Å². The molecule has 1 aliphatic rings. The van der Waals surface area contributed by atoms with Crippen molar-refractivity contribution in [2.24, 2.45) is 5.92 Å². The second-order valence-electron chi connectivity index (χ2n) is 8.45. The lowest BCUT2D eigenvalue weighted by Crippen LogP contribution is -2.54. The summed E-state index contributed by atoms with van der Waals surface area (Å²) in [5.74, 6) is -0.532. The molecule has 1 atom stereocenters. The summed E-state index contributed by atoms with van der Waals surface area (Å²) in [7, 11) is 0. The molecule has 0 radical (unpaired) electrons. The average Bonchev–Trinajstić information content (AvgIpc) is 2.82. The van der Waals surface area contributed by atoms with Crippen LogP contribution in [0.5, 0.6) is 0 Å². The van der Waals surface area contributed by atoms with E-state index < -0.39 is 6.04 Å². The van der Waals surface area contributed by atoms with Crippen LogP contribution in [0, 0.1) is 5.92 Å². The van der Waals surface area contributed by atoms with Crippen LogP contribution < -0.4 is 16.0 Å². The number of carbonyl (C=O) groups is 3. The molecule has 4 amide bonds. The minimum atomic E-state index is -0.665. The molecule has 3 rings (SSSR count). The lowest BCUT2D eigenvalue weighted by atomic mass is 9.88. The minimum Gasteiger partial charge on any atom is -0.350 e. The molecule has 0 spiro atoms. The number of amides is 4. The molecular formula is C25H32N4O3. The van der Waals surface area contributed by atoms with Gasteiger partial charge in [0.25, 0.3) is 5.91 Å². The van der Waals surface area contributed by atoms with Gasteiger partial charge in [0.05, 0.1) is 0 Å². The molecule has 1 aliphatic heterocycles. The number of rotatable bonds is 7. The number of carbonyl (C=O) groups excluding carboxylic acids is 3. The minimum absolute atomic E-state index is 0.0541. The van der Waals surface area contributed by atoms with E-state index in [1.165, 1.54) is 0 Å². The third-order valence-corrected chi connectivity index (χ3v) is 5.62. The van der Waals surface area contributed by atoms with E-state index in [0.29, 0.717) is 38.0 Å². The molecule has 0 unspecified atom stereocenters. The van der Waals surface area contributed by atoms with Crippen molar-refractivity contribution in [2.45, 2.75) is 45.3 Å². The molecule has 0 bridgehead atoms. The highest BCUT2D eigenvalue weighted by molar-refractivity contribution is 5.97. The van der Waals surface area contributed by atoms with Crippen LogP contribution in [0.3, 0.4) is 0 Å². The normalized spacial score (nSPS) is 15.2. The summed E-state index contributed by atoms with van der Waals surface area (Å²) in [5.41, 5.74) is 1.51. The summed E-state index contributed by atoms with van der Waals surface area (Å²) in [6.07, 6.45) is 1.29. The summed E-state index contributed by atoms with van der Waals surface area (Å²) in [4.78, 5) is 40.0. The highest BCUT2D eigenvalue weighted by Crippen LogP contribution is 2.22. The van der Waals surface area contributed by atoms with Gasteiger partial charge in [-0.2, -0.15) is 0 Å². The Labute approximate surface area is 189 Å². The van der Waals surface area contributed by atoms with Crippen LogP contribution in [0.4, 0.5) is 4.79 Å². The number of benzene rings is 2. The molecule has 1 saturated heterocycles. The lowest BCUT2D eigenvalue weighted by molar-refractivity contribution is -0.124. The maximum atomic E-state index is 13.1. The van der Waals surface area contributed by atoms with Gasteiger partial charge in [-0.15, -0.1) is 0 Å². The van der Waals surface area contributed by atoms with Crippen LogP contribution in [-0.2, 0) is 11.3 Å². The molecule has 1 heterocycles. The van der Waals surface area contributed by atoms with Gasteiger partial charge in [0.1, 0.15) is 6.04 Å². The lowest BCUT2D eigenvalue weighted by Gasteiger charge is -2.36. The van der Waals surface area contributed by atoms with E-state index in [1.807, 2.05) is 50.2 Å². The van der Waals surface area contributed by atoms with Crippen LogP contribution >= 0.6 is 0 Å². The molecule has 7 nitrogen and oxygen atoms in total. The first-order chi connectivity index (χ1) is 15.4. The Kier molecular flexibility index (Phi) is 8.25. The van der Waals surface area contributed by atoms with Gasteiger partial charge in [0.15, 0.2) is 0 Å². The predicted octanol–water partition coefficient (Wildman–Crippen LogP) is 2.93. The first kappa shape index (κ1) is 23.3. The van der Waals surface area contributed by atoms with E-state index in [0.717, 1.165) is 5.56 Å². The fraction of sp³-hybridized carbons (Fsp3) is 0.400. The van der Waals surface area contributed by atoms with Gasteiger partial charge in [0, 0.05) is 31.2 Å². The highest BCUT2D eigenvalue weighted by Gasteiger charge is 2.34. The number of likely N-dealkylation sites (tertiary alicyclic amines) is 1. The molecular weight excluding hydrogens is 404 g/mol. The zero-order valence-electron chi connectivity index (χ0n) is 18.7. The van der Waals surface area contributed by atoms with E-state index in [-0.39, 0.29) is 29.8 Å². The third kappa shape index (κ3) is 6.57. The van der Waals surface area contributed by atoms with Crippen molar-refractivity contribution in [1.82, 2.24) is 20.9 Å². The number of nitrogens with one attached hydrogen (secondary N) is 3. The van der Waals surface area contributed by atoms with Gasteiger partial charge in [-0.05, 0) is 50.3 Å². The van der Waals surface area contributed by atoms with Crippen LogP contribution in [0.1, 0.15) is 42.6 Å². The zero-order chi connectivity index (χ0) is 22.9. The molecule has 3 N–H and O–H groups in total. The predicted molar refractivity (Wildman–Crippen MR) is 124 cm³/mol. The Morgan fingerprint density at radius 3 is 2.09 bits per heavy atom. The maximum absolute atomic E-state index is 13.1. The summed E-state index contributed by atoms with van der Waals surface area (Å²) < 4.78 is 0. The van der Waals surface area contributed by atoms with Gasteiger partial charge >= 0.3 is 6.03 Å². The number of nitrogens with zero attached hydrogens (tertiary/aromatic N) is 1. The highest BCUT2D eigenvalue weighted by atomic mass is 16.2. The van der Waals surface area contributed by atoms with Gasteiger partial charge in [-0.1, -0.05) is 48.5 Å². The van der Waals surface area contributed by atoms with E-state index >= 15 is 0 Å². The summed E-state index contributed by atoms with van der Waals surface area (Å²) in [6.45, 7) is 5.35. The van der Waals surface area contributed by atoms with E-state index in [4.69, 9.17) is 0 Å². The van der Waals surface area contributed by atoms with Crippen molar-refractivity contribution in [2.75, 3.05) is 13.1 Å². The first-order valence-corrected chi connectivity index (χ1v) is 11.2. The molecule has 0 aromatic heterocycles. The van der Waals surface area contributed by atoms with E-state index in [9.17, 15) is 14.4 Å². The Hall–Kier alpha value is -3.35. The molecule has 32 heavy (non-hydrogen) atoms. The first-order valence-electron chi connectivity index (χ1n) is 11.2. The van der Waals surface area contributed by atoms with Crippen molar-refractivity contribution in [3.05, 3.63) is 71.8 Å². The van der Waals surface area contributed by atoms with Gasteiger partial charge < -0.3 is 20.9 Å². The van der Waals surface area contributed by atoms with Crippen LogP contribution in [-0.4, -0.2) is 47.9 Å². The maximum Gasteiger partial charge on any atom is 0.317 e. The Morgan fingerprint density at radius 2 is 1.50 bits per heavy atom. The van der Waals surface area contributed by atoms with E-state index in [1.54, 1.807) is 29.2 Å². The fourth-order valence-corrected chi connectivity index (χ4v) is 3.88. The summed E-state index contributed by atoms with van der Waals surface area (Å²) in [5, 5.41) is 8.82. The van der Waals surface area contributed by atoms with Crippen LogP contribution in [0.2, 0.25) is 0 Å². The molecule has 2 aromatic rings. The molecule has 0 aliphatic carbocycles. The van der Waals surface area contributed by atoms with Crippen molar-refractivity contribution in [3.63, 3.8) is 0 Å². The van der Waals surface area contributed by atoms with E-state index in [2.05, 4.69) is 16.0 Å². The Morgan fingerprint density at radius 1 is 0.906 bits per heavy atom. The largest absolute Gasteiger partial charge is 0.350 e. The smallest absolute Gasteiger partial charge is 0.317 e. The van der Waals surface area contributed by atoms with Crippen molar-refractivity contribution in [3.8, 4) is 0 Å². The number of hydrogen-bond acceptors (Lipinski definition) is 3. The van der Waals surface area contributed by atoms with Crippen molar-refractivity contribution in [1.29, 1.82) is 0 Å². The molecule has 2 aromatic carbocycles. The molecule has 170 valence electrons. The zero-order valence-corrected chi connectivity index (χ0v) is 18.7. The second-order valence-corrected chi connectivity index (χ2v) is 8.45. The topological polar surface area (TPSA) is 90.5 Å². The third-order valence-electron chi connectivity index (χ3n) is 5.62. The fourth-order valence-electron chi connectivity index (χ4n) is 3.88. The standard InChI is InChI=1S/C25H32N4O3/c1-18(2)27-25(32)29-15-13-20(14-16-29)22(28-23(30)21-11-7-4-8-12-21)24(31)26-17-19-9-5-3-6-10-19/h3-12,18,20,22H,13-17H2,1-2H3,(H,26,31)(H,27,32)(H,28,30)/t22-/m0/s1. The van der Waals surface area contributed by atoms with Crippen LogP contribution in [0.25, 0.3) is 0 Å². The van der Waals surface area contributed by atoms with Gasteiger partial charge in [-0.25, -0.2) is 4.79 Å². The number of urea groups is 1. The SMILES string of the molecule is CC(C)NC(=O)N1CCC([C@H](NC(=O)c2ccccc2)C(=O)NCc2ccccc2)CC1. The Balaban J connectivity index is 1.66. The molecule has 1 fully saturated rings. The van der Waals surface area contributed by atoms with Gasteiger partial charge in [0.2, 0.25) is 5.91 Å².